The van der Waals surface area contributed by atoms with Crippen molar-refractivity contribution in [3.05, 3.63) is 36.7 Å². The van der Waals surface area contributed by atoms with Gasteiger partial charge in [-0.05, 0) is 61.8 Å². The third-order valence-electron chi connectivity index (χ3n) is 6.64. The van der Waals surface area contributed by atoms with Crippen LogP contribution in [-0.4, -0.2) is 36.1 Å². The Hall–Kier alpha value is -2.50. The summed E-state index contributed by atoms with van der Waals surface area (Å²) in [6.07, 6.45) is 12.8. The molecule has 0 atom stereocenters. The molecule has 2 saturated heterocycles. The highest BCUT2D eigenvalue weighted by Gasteiger charge is 2.22. The zero-order chi connectivity index (χ0) is 20.1. The van der Waals surface area contributed by atoms with Crippen molar-refractivity contribution in [2.75, 3.05) is 47.4 Å². The number of nitrogens with two attached hydrogens (primary N) is 2. The lowest BCUT2D eigenvalue weighted by Crippen LogP contribution is -2.35. The Balaban J connectivity index is 1.13. The van der Waals surface area contributed by atoms with Gasteiger partial charge in [0.1, 0.15) is 11.6 Å². The molecule has 0 aromatic carbocycles. The lowest BCUT2D eigenvalue weighted by atomic mass is 9.87. The molecule has 6 heteroatoms. The normalized spacial score (nSPS) is 18.9. The Bertz CT molecular complexity index is 678. The summed E-state index contributed by atoms with van der Waals surface area (Å²) < 4.78 is 0. The summed E-state index contributed by atoms with van der Waals surface area (Å²) in [4.78, 5) is 13.7. The molecule has 4 N–H and O–H groups in total. The summed E-state index contributed by atoms with van der Waals surface area (Å²) >= 11 is 0. The van der Waals surface area contributed by atoms with Crippen molar-refractivity contribution >= 4 is 23.0 Å². The number of nitrogens with zero attached hydrogens (tertiary/aromatic N) is 4. The van der Waals surface area contributed by atoms with Crippen LogP contribution in [0.25, 0.3) is 0 Å². The van der Waals surface area contributed by atoms with Gasteiger partial charge in [-0.3, -0.25) is 0 Å². The number of pyridine rings is 2. The molecule has 0 aliphatic carbocycles. The molecule has 6 nitrogen and oxygen atoms in total. The Morgan fingerprint density at radius 3 is 1.45 bits per heavy atom. The fourth-order valence-electron chi connectivity index (χ4n) is 4.77. The maximum atomic E-state index is 5.75. The molecular formula is C23H34N6. The van der Waals surface area contributed by atoms with Crippen molar-refractivity contribution in [3.8, 4) is 0 Å². The molecule has 2 fully saturated rings. The van der Waals surface area contributed by atoms with E-state index in [2.05, 4.69) is 19.8 Å². The first-order chi connectivity index (χ1) is 14.2. The molecule has 2 aliphatic rings. The van der Waals surface area contributed by atoms with Crippen LogP contribution in [0.15, 0.2) is 36.7 Å². The van der Waals surface area contributed by atoms with Gasteiger partial charge in [0.05, 0.1) is 23.8 Å². The molecule has 0 amide bonds. The summed E-state index contributed by atoms with van der Waals surface area (Å²) in [5.41, 5.74) is 13.0. The molecule has 0 radical (unpaired) electrons. The van der Waals surface area contributed by atoms with E-state index in [0.717, 1.165) is 61.0 Å². The Labute approximate surface area is 174 Å². The molecule has 4 rings (SSSR count). The average molecular weight is 395 g/mol. The Morgan fingerprint density at radius 2 is 1.10 bits per heavy atom. The lowest BCUT2D eigenvalue weighted by Gasteiger charge is -2.34. The quantitative estimate of drug-likeness (QED) is 0.772. The van der Waals surface area contributed by atoms with Crippen LogP contribution in [0.3, 0.4) is 0 Å². The van der Waals surface area contributed by atoms with Crippen molar-refractivity contribution in [2.24, 2.45) is 11.8 Å². The van der Waals surface area contributed by atoms with Gasteiger partial charge >= 0.3 is 0 Å². The number of hydrogen-bond acceptors (Lipinski definition) is 6. The van der Waals surface area contributed by atoms with Crippen molar-refractivity contribution in [3.63, 3.8) is 0 Å². The first kappa shape index (κ1) is 19.8. The number of nitrogen functional groups attached to an aromatic ring is 2. The number of aromatic nitrogens is 2. The highest BCUT2D eigenvalue weighted by molar-refractivity contribution is 5.46. The second kappa shape index (κ2) is 9.33. The van der Waals surface area contributed by atoms with Crippen LogP contribution in [0.2, 0.25) is 0 Å². The standard InChI is InChI=1S/C23H34N6/c24-20-4-6-22(26-16-20)28-12-8-18(9-13-28)2-1-3-19-10-14-29(15-11-19)23-7-5-21(25)17-27-23/h4-7,16-19H,1-3,8-15,24-25H2. The van der Waals surface area contributed by atoms with E-state index in [9.17, 15) is 0 Å². The van der Waals surface area contributed by atoms with E-state index < -0.39 is 0 Å². The van der Waals surface area contributed by atoms with Crippen molar-refractivity contribution in [1.29, 1.82) is 0 Å². The highest BCUT2D eigenvalue weighted by atomic mass is 15.2. The topological polar surface area (TPSA) is 84.3 Å². The molecule has 0 unspecified atom stereocenters. The van der Waals surface area contributed by atoms with Crippen molar-refractivity contribution in [2.45, 2.75) is 44.9 Å². The second-order valence-electron chi connectivity index (χ2n) is 8.69. The van der Waals surface area contributed by atoms with Gasteiger partial charge in [0, 0.05) is 26.2 Å². The first-order valence-corrected chi connectivity index (χ1v) is 11.1. The molecule has 4 heterocycles. The van der Waals surface area contributed by atoms with Gasteiger partial charge in [-0.25, -0.2) is 9.97 Å². The number of hydrogen-bond donors (Lipinski definition) is 2. The van der Waals surface area contributed by atoms with Gasteiger partial charge in [-0.1, -0.05) is 19.3 Å². The van der Waals surface area contributed by atoms with Crippen LogP contribution in [0, 0.1) is 11.8 Å². The van der Waals surface area contributed by atoms with E-state index in [1.54, 1.807) is 12.4 Å². The Kier molecular flexibility index (Phi) is 6.37. The SMILES string of the molecule is Nc1ccc(N2CCC(CCCC3CCN(c4ccc(N)cn4)CC3)CC2)nc1. The summed E-state index contributed by atoms with van der Waals surface area (Å²) in [5.74, 6) is 3.89. The number of piperidine rings is 2. The summed E-state index contributed by atoms with van der Waals surface area (Å²) in [5, 5.41) is 0. The van der Waals surface area contributed by atoms with E-state index in [1.807, 2.05) is 24.3 Å². The van der Waals surface area contributed by atoms with Gasteiger partial charge < -0.3 is 21.3 Å². The van der Waals surface area contributed by atoms with E-state index in [4.69, 9.17) is 11.5 Å². The molecule has 0 bridgehead atoms. The van der Waals surface area contributed by atoms with Crippen LogP contribution >= 0.6 is 0 Å². The van der Waals surface area contributed by atoms with Crippen LogP contribution < -0.4 is 21.3 Å². The smallest absolute Gasteiger partial charge is 0.128 e. The zero-order valence-electron chi connectivity index (χ0n) is 17.3. The minimum Gasteiger partial charge on any atom is -0.397 e. The summed E-state index contributed by atoms with van der Waals surface area (Å²) in [6.45, 7) is 4.48. The maximum Gasteiger partial charge on any atom is 0.128 e. The largest absolute Gasteiger partial charge is 0.397 e. The van der Waals surface area contributed by atoms with Gasteiger partial charge in [-0.15, -0.1) is 0 Å². The predicted octanol–water partition coefficient (Wildman–Crippen LogP) is 3.94. The fraction of sp³-hybridized carbons (Fsp3) is 0.565. The number of rotatable bonds is 6. The van der Waals surface area contributed by atoms with Gasteiger partial charge in [-0.2, -0.15) is 0 Å². The van der Waals surface area contributed by atoms with Crippen LogP contribution in [0.5, 0.6) is 0 Å². The Morgan fingerprint density at radius 1 is 0.690 bits per heavy atom. The minimum absolute atomic E-state index is 0.735. The molecule has 0 saturated carbocycles. The highest BCUT2D eigenvalue weighted by Crippen LogP contribution is 2.29. The van der Waals surface area contributed by atoms with Gasteiger partial charge in [0.25, 0.3) is 0 Å². The molecule has 2 aromatic rings. The molecule has 156 valence electrons. The van der Waals surface area contributed by atoms with Crippen LogP contribution in [-0.2, 0) is 0 Å². The third-order valence-corrected chi connectivity index (χ3v) is 6.64. The summed E-state index contributed by atoms with van der Waals surface area (Å²) in [6, 6.07) is 7.98. The fourth-order valence-corrected chi connectivity index (χ4v) is 4.77. The molecule has 2 aliphatic heterocycles. The summed E-state index contributed by atoms with van der Waals surface area (Å²) in [7, 11) is 0. The van der Waals surface area contributed by atoms with Crippen LogP contribution in [0.1, 0.15) is 44.9 Å². The van der Waals surface area contributed by atoms with Crippen molar-refractivity contribution < 1.29 is 0 Å². The van der Waals surface area contributed by atoms with E-state index in [-0.39, 0.29) is 0 Å². The van der Waals surface area contributed by atoms with Gasteiger partial charge in [0.2, 0.25) is 0 Å². The average Bonchev–Trinajstić information content (AvgIpc) is 2.76. The monoisotopic (exact) mass is 394 g/mol. The zero-order valence-corrected chi connectivity index (χ0v) is 17.3. The molecular weight excluding hydrogens is 360 g/mol. The van der Waals surface area contributed by atoms with Gasteiger partial charge in [0.15, 0.2) is 0 Å². The van der Waals surface area contributed by atoms with Crippen molar-refractivity contribution in [1.82, 2.24) is 9.97 Å². The molecule has 0 spiro atoms. The van der Waals surface area contributed by atoms with E-state index in [0.29, 0.717) is 0 Å². The first-order valence-electron chi connectivity index (χ1n) is 11.1. The molecule has 29 heavy (non-hydrogen) atoms. The number of anilines is 4. The van der Waals surface area contributed by atoms with E-state index in [1.165, 1.54) is 44.9 Å². The predicted molar refractivity (Wildman–Crippen MR) is 121 cm³/mol. The minimum atomic E-state index is 0.735. The third kappa shape index (κ3) is 5.31. The van der Waals surface area contributed by atoms with Crippen LogP contribution in [0.4, 0.5) is 23.0 Å². The second-order valence-corrected chi connectivity index (χ2v) is 8.69. The molecule has 2 aromatic heterocycles. The van der Waals surface area contributed by atoms with E-state index >= 15 is 0 Å². The lowest BCUT2D eigenvalue weighted by molar-refractivity contribution is 0.324. The maximum absolute atomic E-state index is 5.75.